The molecule has 0 radical (unpaired) electrons. The van der Waals surface area contributed by atoms with E-state index in [1.165, 1.54) is 0 Å². The van der Waals surface area contributed by atoms with Crippen LogP contribution in [0.4, 0.5) is 0 Å². The Kier molecular flexibility index (Phi) is 4.66. The van der Waals surface area contributed by atoms with Gasteiger partial charge in [-0.1, -0.05) is 0 Å². The number of carbonyl (C=O) groups is 1. The lowest BCUT2D eigenvalue weighted by atomic mass is 10.1. The van der Waals surface area contributed by atoms with Crippen LogP contribution in [-0.2, 0) is 11.2 Å². The SMILES string of the molecule is COc1cc2c(cc1OC)C(NC(=O)COc1ccc3c(c1)OCO3)CC2. The molecule has 1 aliphatic heterocycles. The fourth-order valence-corrected chi connectivity index (χ4v) is 3.43. The molecule has 0 aromatic heterocycles. The van der Waals surface area contributed by atoms with Crippen molar-refractivity contribution in [1.82, 2.24) is 5.32 Å². The van der Waals surface area contributed by atoms with E-state index in [-0.39, 0.29) is 25.3 Å². The van der Waals surface area contributed by atoms with Crippen molar-refractivity contribution in [3.05, 3.63) is 41.5 Å². The average Bonchev–Trinajstić information content (AvgIpc) is 3.31. The normalized spacial score (nSPS) is 16.6. The number of carbonyl (C=O) groups excluding carboxylic acids is 1. The van der Waals surface area contributed by atoms with Gasteiger partial charge in [0.25, 0.3) is 5.91 Å². The summed E-state index contributed by atoms with van der Waals surface area (Å²) in [6, 6.07) is 9.09. The zero-order chi connectivity index (χ0) is 18.8. The van der Waals surface area contributed by atoms with E-state index in [2.05, 4.69) is 5.32 Å². The van der Waals surface area contributed by atoms with E-state index in [9.17, 15) is 4.79 Å². The van der Waals surface area contributed by atoms with Gasteiger partial charge in [0.2, 0.25) is 6.79 Å². The summed E-state index contributed by atoms with van der Waals surface area (Å²) < 4.78 is 26.9. The van der Waals surface area contributed by atoms with Crippen LogP contribution in [0.15, 0.2) is 30.3 Å². The molecule has 4 rings (SSSR count). The fraction of sp³-hybridized carbons (Fsp3) is 0.350. The van der Waals surface area contributed by atoms with Gasteiger partial charge in [-0.2, -0.15) is 0 Å². The molecule has 0 bridgehead atoms. The molecule has 27 heavy (non-hydrogen) atoms. The summed E-state index contributed by atoms with van der Waals surface area (Å²) in [5, 5.41) is 3.03. The maximum absolute atomic E-state index is 12.3. The first-order valence-corrected chi connectivity index (χ1v) is 8.74. The van der Waals surface area contributed by atoms with Gasteiger partial charge in [-0.15, -0.1) is 0 Å². The van der Waals surface area contributed by atoms with Crippen molar-refractivity contribution in [2.45, 2.75) is 18.9 Å². The van der Waals surface area contributed by atoms with E-state index in [1.807, 2.05) is 12.1 Å². The van der Waals surface area contributed by atoms with E-state index in [4.69, 9.17) is 23.7 Å². The molecule has 0 saturated carbocycles. The Morgan fingerprint density at radius 2 is 1.89 bits per heavy atom. The number of amides is 1. The molecule has 1 amide bonds. The van der Waals surface area contributed by atoms with Gasteiger partial charge in [-0.25, -0.2) is 0 Å². The zero-order valence-corrected chi connectivity index (χ0v) is 15.2. The van der Waals surface area contributed by atoms with Crippen molar-refractivity contribution in [3.63, 3.8) is 0 Å². The molecule has 1 atom stereocenters. The first-order chi connectivity index (χ1) is 13.2. The van der Waals surface area contributed by atoms with Crippen LogP contribution in [0.2, 0.25) is 0 Å². The number of fused-ring (bicyclic) bond motifs is 2. The van der Waals surface area contributed by atoms with E-state index < -0.39 is 0 Å². The quantitative estimate of drug-likeness (QED) is 0.841. The van der Waals surface area contributed by atoms with Crippen LogP contribution in [0.25, 0.3) is 0 Å². The Morgan fingerprint density at radius 1 is 1.11 bits per heavy atom. The molecule has 1 N–H and O–H groups in total. The highest BCUT2D eigenvalue weighted by Crippen LogP contribution is 2.39. The summed E-state index contributed by atoms with van der Waals surface area (Å²) in [5.41, 5.74) is 2.22. The minimum Gasteiger partial charge on any atom is -0.493 e. The lowest BCUT2D eigenvalue weighted by molar-refractivity contribution is -0.123. The maximum atomic E-state index is 12.3. The number of hydrogen-bond donors (Lipinski definition) is 1. The minimum absolute atomic E-state index is 0.0624. The Labute approximate surface area is 157 Å². The van der Waals surface area contributed by atoms with Crippen LogP contribution in [0.3, 0.4) is 0 Å². The second-order valence-electron chi connectivity index (χ2n) is 6.37. The number of rotatable bonds is 6. The monoisotopic (exact) mass is 371 g/mol. The number of aryl methyl sites for hydroxylation is 1. The second kappa shape index (κ2) is 7.26. The van der Waals surface area contributed by atoms with Gasteiger partial charge in [-0.05, 0) is 48.2 Å². The first kappa shape index (κ1) is 17.3. The predicted octanol–water partition coefficient (Wildman–Crippen LogP) is 2.62. The summed E-state index contributed by atoms with van der Waals surface area (Å²) in [5.74, 6) is 3.05. The zero-order valence-electron chi connectivity index (χ0n) is 15.2. The lowest BCUT2D eigenvalue weighted by Gasteiger charge is -2.16. The van der Waals surface area contributed by atoms with Gasteiger partial charge in [0.15, 0.2) is 29.6 Å². The van der Waals surface area contributed by atoms with Crippen molar-refractivity contribution in [3.8, 4) is 28.7 Å². The van der Waals surface area contributed by atoms with Crippen LogP contribution in [0.5, 0.6) is 28.7 Å². The Morgan fingerprint density at radius 3 is 2.70 bits per heavy atom. The lowest BCUT2D eigenvalue weighted by Crippen LogP contribution is -2.31. The van der Waals surface area contributed by atoms with Crippen LogP contribution >= 0.6 is 0 Å². The van der Waals surface area contributed by atoms with Crippen molar-refractivity contribution in [2.24, 2.45) is 0 Å². The Hall–Kier alpha value is -3.09. The summed E-state index contributed by atoms with van der Waals surface area (Å²) in [7, 11) is 3.22. The second-order valence-corrected chi connectivity index (χ2v) is 6.37. The first-order valence-electron chi connectivity index (χ1n) is 8.74. The fourth-order valence-electron chi connectivity index (χ4n) is 3.43. The summed E-state index contributed by atoms with van der Waals surface area (Å²) >= 11 is 0. The Bertz CT molecular complexity index is 866. The largest absolute Gasteiger partial charge is 0.493 e. The van der Waals surface area contributed by atoms with Crippen LogP contribution < -0.4 is 29.0 Å². The van der Waals surface area contributed by atoms with E-state index in [0.29, 0.717) is 28.7 Å². The molecule has 0 spiro atoms. The molecular weight excluding hydrogens is 350 g/mol. The topological polar surface area (TPSA) is 75.3 Å². The highest BCUT2D eigenvalue weighted by molar-refractivity contribution is 5.78. The van der Waals surface area contributed by atoms with E-state index >= 15 is 0 Å². The van der Waals surface area contributed by atoms with Gasteiger partial charge in [-0.3, -0.25) is 4.79 Å². The number of hydrogen-bond acceptors (Lipinski definition) is 6. The molecule has 142 valence electrons. The van der Waals surface area contributed by atoms with E-state index in [1.54, 1.807) is 32.4 Å². The predicted molar refractivity (Wildman–Crippen MR) is 96.8 cm³/mol. The number of methoxy groups -OCH3 is 2. The van der Waals surface area contributed by atoms with Gasteiger partial charge < -0.3 is 29.0 Å². The molecule has 7 heteroatoms. The average molecular weight is 371 g/mol. The van der Waals surface area contributed by atoms with Gasteiger partial charge in [0.1, 0.15) is 5.75 Å². The standard InChI is InChI=1S/C20H21NO6/c1-23-17-7-12-3-5-15(14(12)9-18(17)24-2)21-20(22)10-25-13-4-6-16-19(8-13)27-11-26-16/h4,6-9,15H,3,5,10-11H2,1-2H3,(H,21,22). The van der Waals surface area contributed by atoms with Crippen LogP contribution in [-0.4, -0.2) is 33.5 Å². The van der Waals surface area contributed by atoms with Gasteiger partial charge in [0, 0.05) is 6.07 Å². The third-order valence-corrected chi connectivity index (χ3v) is 4.77. The maximum Gasteiger partial charge on any atom is 0.258 e. The molecular formula is C20H21NO6. The van der Waals surface area contributed by atoms with E-state index in [0.717, 1.165) is 24.0 Å². The van der Waals surface area contributed by atoms with Gasteiger partial charge in [0.05, 0.1) is 20.3 Å². The van der Waals surface area contributed by atoms with Crippen molar-refractivity contribution in [2.75, 3.05) is 27.6 Å². The third-order valence-electron chi connectivity index (χ3n) is 4.77. The third kappa shape index (κ3) is 3.45. The molecule has 0 saturated heterocycles. The molecule has 1 aliphatic carbocycles. The van der Waals surface area contributed by atoms with Crippen molar-refractivity contribution >= 4 is 5.91 Å². The molecule has 1 heterocycles. The molecule has 2 aromatic carbocycles. The molecule has 2 aromatic rings. The number of benzene rings is 2. The number of nitrogens with one attached hydrogen (secondary N) is 1. The molecule has 7 nitrogen and oxygen atoms in total. The number of ether oxygens (including phenoxy) is 5. The summed E-state index contributed by atoms with van der Waals surface area (Å²) in [6.45, 7) is 0.132. The smallest absolute Gasteiger partial charge is 0.258 e. The van der Waals surface area contributed by atoms with Crippen molar-refractivity contribution in [1.29, 1.82) is 0 Å². The summed E-state index contributed by atoms with van der Waals surface area (Å²) in [6.07, 6.45) is 1.71. The highest BCUT2D eigenvalue weighted by atomic mass is 16.7. The molecule has 2 aliphatic rings. The van der Waals surface area contributed by atoms with Gasteiger partial charge >= 0.3 is 0 Å². The Balaban J connectivity index is 1.38. The highest BCUT2D eigenvalue weighted by Gasteiger charge is 2.26. The summed E-state index contributed by atoms with van der Waals surface area (Å²) in [4.78, 5) is 12.3. The minimum atomic E-state index is -0.180. The molecule has 1 unspecified atom stereocenters. The van der Waals surface area contributed by atoms with Crippen LogP contribution in [0, 0.1) is 0 Å². The van der Waals surface area contributed by atoms with Crippen molar-refractivity contribution < 1.29 is 28.5 Å². The van der Waals surface area contributed by atoms with Crippen LogP contribution in [0.1, 0.15) is 23.6 Å². The molecule has 0 fully saturated rings.